The molecule has 0 unspecified atom stereocenters. The van der Waals surface area contributed by atoms with Gasteiger partial charge in [0.15, 0.2) is 0 Å². The standard InChI is InChI=1S/C24H21N3O2S/c28-30(29,24-7-4-14-26-17-24)27(18-20-5-2-1-3-6-20)19-21-8-10-22(11-9-21)23-12-15-25-16-13-23/h1-17H,18-19H2. The molecule has 30 heavy (non-hydrogen) atoms. The van der Waals surface area contributed by atoms with Crippen molar-refractivity contribution in [3.8, 4) is 11.1 Å². The Morgan fingerprint density at radius 3 is 1.90 bits per heavy atom. The lowest BCUT2D eigenvalue weighted by atomic mass is 10.1. The van der Waals surface area contributed by atoms with Crippen molar-refractivity contribution < 1.29 is 8.42 Å². The van der Waals surface area contributed by atoms with Crippen LogP contribution < -0.4 is 0 Å². The summed E-state index contributed by atoms with van der Waals surface area (Å²) in [6.45, 7) is 0.549. The molecule has 0 atom stereocenters. The zero-order valence-electron chi connectivity index (χ0n) is 16.3. The lowest BCUT2D eigenvalue weighted by molar-refractivity contribution is 0.401. The highest BCUT2D eigenvalue weighted by molar-refractivity contribution is 7.89. The first kappa shape index (κ1) is 19.9. The maximum Gasteiger partial charge on any atom is 0.245 e. The number of pyridine rings is 2. The smallest absolute Gasteiger partial charge is 0.245 e. The summed E-state index contributed by atoms with van der Waals surface area (Å²) < 4.78 is 28.1. The summed E-state index contributed by atoms with van der Waals surface area (Å²) in [6.07, 6.45) is 6.47. The average Bonchev–Trinajstić information content (AvgIpc) is 2.81. The fourth-order valence-corrected chi connectivity index (χ4v) is 4.59. The van der Waals surface area contributed by atoms with Crippen molar-refractivity contribution in [2.75, 3.05) is 0 Å². The topological polar surface area (TPSA) is 63.2 Å². The molecule has 0 fully saturated rings. The Bertz CT molecular complexity index is 1180. The minimum absolute atomic E-state index is 0.189. The molecular formula is C24H21N3O2S. The monoisotopic (exact) mass is 415 g/mol. The molecule has 0 amide bonds. The first-order valence-corrected chi connectivity index (χ1v) is 11.0. The minimum Gasteiger partial charge on any atom is -0.265 e. The second kappa shape index (κ2) is 8.98. The first-order chi connectivity index (χ1) is 14.6. The molecule has 0 aliphatic rings. The van der Waals surface area contributed by atoms with Crippen molar-refractivity contribution in [3.05, 3.63) is 115 Å². The van der Waals surface area contributed by atoms with Crippen LogP contribution >= 0.6 is 0 Å². The minimum atomic E-state index is -3.70. The first-order valence-electron chi connectivity index (χ1n) is 9.56. The van der Waals surface area contributed by atoms with Crippen LogP contribution in [0.25, 0.3) is 11.1 Å². The SMILES string of the molecule is O=S(=O)(c1cccnc1)N(Cc1ccccc1)Cc1ccc(-c2ccncc2)cc1. The van der Waals surface area contributed by atoms with Gasteiger partial charge in [-0.05, 0) is 46.5 Å². The summed E-state index contributed by atoms with van der Waals surface area (Å²) in [6, 6.07) is 24.6. The second-order valence-electron chi connectivity index (χ2n) is 6.88. The molecule has 0 bridgehead atoms. The van der Waals surface area contributed by atoms with Crippen LogP contribution in [-0.2, 0) is 23.1 Å². The number of hydrogen-bond acceptors (Lipinski definition) is 4. The predicted molar refractivity (Wildman–Crippen MR) is 117 cm³/mol. The van der Waals surface area contributed by atoms with Gasteiger partial charge >= 0.3 is 0 Å². The van der Waals surface area contributed by atoms with Crippen molar-refractivity contribution >= 4 is 10.0 Å². The summed E-state index contributed by atoms with van der Waals surface area (Å²) in [5.74, 6) is 0. The number of sulfonamides is 1. The molecule has 0 spiro atoms. The van der Waals surface area contributed by atoms with Gasteiger partial charge in [0.2, 0.25) is 10.0 Å². The van der Waals surface area contributed by atoms with E-state index >= 15 is 0 Å². The van der Waals surface area contributed by atoms with Gasteiger partial charge in [0.05, 0.1) is 0 Å². The molecular weight excluding hydrogens is 394 g/mol. The van der Waals surface area contributed by atoms with Crippen LogP contribution in [0.4, 0.5) is 0 Å². The fourth-order valence-electron chi connectivity index (χ4n) is 3.21. The summed E-state index contributed by atoms with van der Waals surface area (Å²) in [7, 11) is -3.70. The van der Waals surface area contributed by atoms with Crippen LogP contribution in [0.2, 0.25) is 0 Å². The lowest BCUT2D eigenvalue weighted by Gasteiger charge is -2.22. The van der Waals surface area contributed by atoms with Gasteiger partial charge in [0.1, 0.15) is 4.90 Å². The Labute approximate surface area is 176 Å². The van der Waals surface area contributed by atoms with Crippen LogP contribution in [0.1, 0.15) is 11.1 Å². The highest BCUT2D eigenvalue weighted by Crippen LogP contribution is 2.23. The van der Waals surface area contributed by atoms with Gasteiger partial charge in [-0.2, -0.15) is 4.31 Å². The molecule has 5 nitrogen and oxygen atoms in total. The van der Waals surface area contributed by atoms with Crippen LogP contribution in [0.15, 0.2) is 109 Å². The third-order valence-corrected chi connectivity index (χ3v) is 6.58. The van der Waals surface area contributed by atoms with Crippen molar-refractivity contribution in [3.63, 3.8) is 0 Å². The Kier molecular flexibility index (Phi) is 5.97. The van der Waals surface area contributed by atoms with E-state index in [-0.39, 0.29) is 18.0 Å². The molecule has 4 rings (SSSR count). The quantitative estimate of drug-likeness (QED) is 0.445. The van der Waals surface area contributed by atoms with Crippen LogP contribution in [0.5, 0.6) is 0 Å². The van der Waals surface area contributed by atoms with Gasteiger partial charge in [-0.15, -0.1) is 0 Å². The highest BCUT2D eigenvalue weighted by atomic mass is 32.2. The normalized spacial score (nSPS) is 11.5. The van der Waals surface area contributed by atoms with Crippen molar-refractivity contribution in [2.45, 2.75) is 18.0 Å². The third kappa shape index (κ3) is 4.62. The van der Waals surface area contributed by atoms with E-state index in [1.54, 1.807) is 30.7 Å². The third-order valence-electron chi connectivity index (χ3n) is 4.80. The van der Waals surface area contributed by atoms with Crippen LogP contribution in [0.3, 0.4) is 0 Å². The Morgan fingerprint density at radius 1 is 0.633 bits per heavy atom. The van der Waals surface area contributed by atoms with Crippen molar-refractivity contribution in [1.82, 2.24) is 14.3 Å². The largest absolute Gasteiger partial charge is 0.265 e. The number of benzene rings is 2. The molecule has 6 heteroatoms. The number of nitrogens with zero attached hydrogens (tertiary/aromatic N) is 3. The summed E-state index contributed by atoms with van der Waals surface area (Å²) in [5.41, 5.74) is 3.97. The van der Waals surface area contributed by atoms with Crippen molar-refractivity contribution in [1.29, 1.82) is 0 Å². The van der Waals surface area contributed by atoms with Crippen LogP contribution in [-0.4, -0.2) is 22.7 Å². The molecule has 4 aromatic rings. The molecule has 0 radical (unpaired) electrons. The maximum absolute atomic E-state index is 13.3. The molecule has 0 aliphatic carbocycles. The molecule has 0 aliphatic heterocycles. The molecule has 2 aromatic heterocycles. The summed E-state index contributed by atoms with van der Waals surface area (Å²) >= 11 is 0. The molecule has 150 valence electrons. The average molecular weight is 416 g/mol. The van der Waals surface area contributed by atoms with E-state index < -0.39 is 10.0 Å². The zero-order chi connectivity index (χ0) is 20.8. The fraction of sp³-hybridized carbons (Fsp3) is 0.0833. The van der Waals surface area contributed by atoms with E-state index in [0.29, 0.717) is 0 Å². The van der Waals surface area contributed by atoms with Gasteiger partial charge in [-0.25, -0.2) is 8.42 Å². The second-order valence-corrected chi connectivity index (χ2v) is 8.82. The Balaban J connectivity index is 1.63. The number of aromatic nitrogens is 2. The maximum atomic E-state index is 13.3. The van der Waals surface area contributed by atoms with Gasteiger partial charge in [-0.3, -0.25) is 9.97 Å². The molecule has 0 saturated heterocycles. The van der Waals surface area contributed by atoms with Crippen molar-refractivity contribution in [2.24, 2.45) is 0 Å². The lowest BCUT2D eigenvalue weighted by Crippen LogP contribution is -2.30. The highest BCUT2D eigenvalue weighted by Gasteiger charge is 2.25. The van der Waals surface area contributed by atoms with E-state index in [9.17, 15) is 8.42 Å². The predicted octanol–water partition coefficient (Wildman–Crippen LogP) is 4.53. The molecule has 0 saturated carbocycles. The molecule has 2 heterocycles. The molecule has 2 aromatic carbocycles. The van der Waals surface area contributed by atoms with E-state index in [0.717, 1.165) is 22.3 Å². The van der Waals surface area contributed by atoms with Crippen LogP contribution in [0, 0.1) is 0 Å². The van der Waals surface area contributed by atoms with Gasteiger partial charge in [-0.1, -0.05) is 54.6 Å². The summed E-state index contributed by atoms with van der Waals surface area (Å²) in [5, 5.41) is 0. The Hall–Kier alpha value is -3.35. The zero-order valence-corrected chi connectivity index (χ0v) is 17.1. The van der Waals surface area contributed by atoms with E-state index in [4.69, 9.17) is 0 Å². The van der Waals surface area contributed by atoms with E-state index in [2.05, 4.69) is 9.97 Å². The number of rotatable bonds is 7. The molecule has 0 N–H and O–H groups in total. The van der Waals surface area contributed by atoms with Gasteiger partial charge in [0, 0.05) is 37.9 Å². The Morgan fingerprint density at radius 2 is 1.27 bits per heavy atom. The van der Waals surface area contributed by atoms with Gasteiger partial charge in [0.25, 0.3) is 0 Å². The summed E-state index contributed by atoms with van der Waals surface area (Å²) in [4.78, 5) is 8.22. The van der Waals surface area contributed by atoms with E-state index in [1.165, 1.54) is 10.5 Å². The van der Waals surface area contributed by atoms with Gasteiger partial charge < -0.3 is 0 Å². The number of hydrogen-bond donors (Lipinski definition) is 0. The van der Waals surface area contributed by atoms with E-state index in [1.807, 2.05) is 66.7 Å².